The van der Waals surface area contributed by atoms with E-state index < -0.39 is 0 Å². The normalized spacial score (nSPS) is 11.3. The summed E-state index contributed by atoms with van der Waals surface area (Å²) in [7, 11) is 0. The van der Waals surface area contributed by atoms with Crippen molar-refractivity contribution in [2.75, 3.05) is 11.1 Å². The molecule has 0 aliphatic carbocycles. The van der Waals surface area contributed by atoms with Gasteiger partial charge in [0.2, 0.25) is 5.91 Å². The number of thioether (sulfide) groups is 1. The number of carbonyl (C=O) groups excluding carboxylic acids is 1. The molecule has 0 atom stereocenters. The lowest BCUT2D eigenvalue weighted by Crippen LogP contribution is -2.23. The predicted molar refractivity (Wildman–Crippen MR) is 139 cm³/mol. The van der Waals surface area contributed by atoms with Gasteiger partial charge in [-0.2, -0.15) is 0 Å². The molecular formula is C27H24N4O2S. The highest BCUT2D eigenvalue weighted by molar-refractivity contribution is 7.99. The topological polar surface area (TPSA) is 79.8 Å². The third kappa shape index (κ3) is 3.99. The van der Waals surface area contributed by atoms with Crippen molar-refractivity contribution in [1.29, 1.82) is 0 Å². The molecule has 0 fully saturated rings. The van der Waals surface area contributed by atoms with Crippen LogP contribution in [0.15, 0.2) is 76.7 Å². The van der Waals surface area contributed by atoms with Crippen LogP contribution in [0.2, 0.25) is 0 Å². The number of carbonyl (C=O) groups is 1. The molecule has 2 aromatic heterocycles. The van der Waals surface area contributed by atoms with Crippen molar-refractivity contribution < 1.29 is 4.79 Å². The van der Waals surface area contributed by atoms with Gasteiger partial charge in [0.15, 0.2) is 5.16 Å². The van der Waals surface area contributed by atoms with Crippen LogP contribution in [-0.4, -0.2) is 26.2 Å². The number of anilines is 1. The Labute approximate surface area is 201 Å². The monoisotopic (exact) mass is 468 g/mol. The maximum atomic E-state index is 13.7. The molecule has 5 aromatic rings. The molecule has 0 aliphatic heterocycles. The van der Waals surface area contributed by atoms with E-state index in [9.17, 15) is 9.59 Å². The van der Waals surface area contributed by atoms with Crippen molar-refractivity contribution in [1.82, 2.24) is 14.5 Å². The Balaban J connectivity index is 1.57. The Morgan fingerprint density at radius 2 is 1.76 bits per heavy atom. The highest BCUT2D eigenvalue weighted by Crippen LogP contribution is 2.27. The Hall–Kier alpha value is -3.84. The molecule has 6 nitrogen and oxygen atoms in total. The lowest BCUT2D eigenvalue weighted by molar-refractivity contribution is -0.113. The van der Waals surface area contributed by atoms with Crippen LogP contribution in [0.5, 0.6) is 0 Å². The Bertz CT molecular complexity index is 1620. The maximum Gasteiger partial charge on any atom is 0.283 e. The van der Waals surface area contributed by atoms with Crippen molar-refractivity contribution in [3.63, 3.8) is 0 Å². The number of hydrogen-bond donors (Lipinski definition) is 2. The van der Waals surface area contributed by atoms with E-state index in [1.54, 1.807) is 4.57 Å². The van der Waals surface area contributed by atoms with Crippen LogP contribution < -0.4 is 10.9 Å². The van der Waals surface area contributed by atoms with Crippen LogP contribution in [0, 0.1) is 20.8 Å². The zero-order valence-electron chi connectivity index (χ0n) is 19.2. The van der Waals surface area contributed by atoms with Gasteiger partial charge in [-0.25, -0.2) is 4.98 Å². The number of benzene rings is 3. The summed E-state index contributed by atoms with van der Waals surface area (Å²) in [5, 5.41) is 4.35. The zero-order chi connectivity index (χ0) is 23.8. The van der Waals surface area contributed by atoms with E-state index in [1.165, 1.54) is 11.8 Å². The molecule has 0 saturated heterocycles. The summed E-state index contributed by atoms with van der Waals surface area (Å²) in [6.45, 7) is 5.91. The van der Waals surface area contributed by atoms with E-state index in [-0.39, 0.29) is 17.2 Å². The summed E-state index contributed by atoms with van der Waals surface area (Å²) < 4.78 is 1.60. The molecule has 0 saturated carbocycles. The minimum atomic E-state index is -0.187. The Kier molecular flexibility index (Phi) is 5.71. The fourth-order valence-electron chi connectivity index (χ4n) is 4.05. The number of nitrogens with zero attached hydrogens (tertiary/aromatic N) is 2. The quantitative estimate of drug-likeness (QED) is 0.263. The highest BCUT2D eigenvalue weighted by atomic mass is 32.2. The molecule has 34 heavy (non-hydrogen) atoms. The molecule has 0 unspecified atom stereocenters. The fraction of sp³-hybridized carbons (Fsp3) is 0.148. The van der Waals surface area contributed by atoms with Crippen molar-refractivity contribution in [2.24, 2.45) is 0 Å². The number of amides is 1. The van der Waals surface area contributed by atoms with Gasteiger partial charge in [0.05, 0.1) is 11.4 Å². The highest BCUT2D eigenvalue weighted by Gasteiger charge is 2.19. The molecule has 2 heterocycles. The molecule has 0 aliphatic rings. The number of H-pyrrole nitrogens is 1. The van der Waals surface area contributed by atoms with Crippen molar-refractivity contribution in [2.45, 2.75) is 25.9 Å². The number of aryl methyl sites for hydroxylation is 3. The molecule has 0 bridgehead atoms. The first-order valence-corrected chi connectivity index (χ1v) is 12.0. The van der Waals surface area contributed by atoms with Gasteiger partial charge >= 0.3 is 0 Å². The largest absolute Gasteiger partial charge is 0.349 e. The van der Waals surface area contributed by atoms with Gasteiger partial charge in [-0.15, -0.1) is 0 Å². The van der Waals surface area contributed by atoms with Crippen LogP contribution in [0.25, 0.3) is 27.6 Å². The lowest BCUT2D eigenvalue weighted by atomic mass is 10.1. The molecule has 2 N–H and O–H groups in total. The number of fused-ring (bicyclic) bond motifs is 3. The van der Waals surface area contributed by atoms with E-state index in [1.807, 2.05) is 87.5 Å². The van der Waals surface area contributed by atoms with Crippen LogP contribution in [0.3, 0.4) is 0 Å². The third-order valence-electron chi connectivity index (χ3n) is 5.85. The van der Waals surface area contributed by atoms with Gasteiger partial charge in [-0.3, -0.25) is 14.2 Å². The molecule has 0 radical (unpaired) electrons. The van der Waals surface area contributed by atoms with Crippen molar-refractivity contribution in [3.8, 4) is 5.69 Å². The molecule has 7 heteroatoms. The van der Waals surface area contributed by atoms with Crippen molar-refractivity contribution >= 4 is 45.3 Å². The molecule has 1 amide bonds. The second-order valence-corrected chi connectivity index (χ2v) is 9.31. The molecule has 0 spiro atoms. The standard InChI is InChI=1S/C27H24N4O2S/c1-16-12-13-17(2)21(14-16)28-23(32)15-34-27-30-24-19-9-5-6-10-20(19)29-25(24)26(33)31(27)22-11-7-4-8-18(22)3/h4-14,29H,15H2,1-3H3,(H,28,32). The summed E-state index contributed by atoms with van der Waals surface area (Å²) in [5.74, 6) is -0.0251. The minimum absolute atomic E-state index is 0.125. The van der Waals surface area contributed by atoms with Crippen LogP contribution in [0.4, 0.5) is 5.69 Å². The number of para-hydroxylation sites is 2. The van der Waals surface area contributed by atoms with Gasteiger partial charge in [-0.05, 0) is 55.7 Å². The molecule has 3 aromatic carbocycles. The first kappa shape index (κ1) is 22.0. The van der Waals surface area contributed by atoms with E-state index in [2.05, 4.69) is 10.3 Å². The first-order chi connectivity index (χ1) is 16.4. The number of aromatic nitrogens is 3. The SMILES string of the molecule is Cc1ccc(C)c(NC(=O)CSc2nc3c([nH]c4ccccc43)c(=O)n2-c2ccccc2C)c1. The number of hydrogen-bond acceptors (Lipinski definition) is 4. The molecule has 5 rings (SSSR count). The average molecular weight is 469 g/mol. The van der Waals surface area contributed by atoms with E-state index >= 15 is 0 Å². The summed E-state index contributed by atoms with van der Waals surface area (Å²) >= 11 is 1.25. The van der Waals surface area contributed by atoms with Gasteiger partial charge in [0.25, 0.3) is 5.56 Å². The van der Waals surface area contributed by atoms with Gasteiger partial charge in [-0.1, -0.05) is 60.3 Å². The van der Waals surface area contributed by atoms with Gasteiger partial charge in [0, 0.05) is 16.6 Å². The van der Waals surface area contributed by atoms with E-state index in [4.69, 9.17) is 4.98 Å². The maximum absolute atomic E-state index is 13.7. The molecule has 170 valence electrons. The van der Waals surface area contributed by atoms with Crippen molar-refractivity contribution in [3.05, 3.63) is 93.8 Å². The third-order valence-corrected chi connectivity index (χ3v) is 6.79. The van der Waals surface area contributed by atoms with Gasteiger partial charge in [0.1, 0.15) is 11.0 Å². The Morgan fingerprint density at radius 1 is 1.00 bits per heavy atom. The first-order valence-electron chi connectivity index (χ1n) is 11.0. The lowest BCUT2D eigenvalue weighted by Gasteiger charge is -2.14. The minimum Gasteiger partial charge on any atom is -0.349 e. The van der Waals surface area contributed by atoms with Gasteiger partial charge < -0.3 is 10.3 Å². The number of aromatic amines is 1. The Morgan fingerprint density at radius 3 is 2.59 bits per heavy atom. The molecular weight excluding hydrogens is 444 g/mol. The van der Waals surface area contributed by atoms with Crippen LogP contribution in [0.1, 0.15) is 16.7 Å². The van der Waals surface area contributed by atoms with Crippen LogP contribution >= 0.6 is 11.8 Å². The summed E-state index contributed by atoms with van der Waals surface area (Å²) in [6, 6.07) is 21.4. The predicted octanol–water partition coefficient (Wildman–Crippen LogP) is 5.52. The number of rotatable bonds is 5. The second-order valence-electron chi connectivity index (χ2n) is 8.37. The summed E-state index contributed by atoms with van der Waals surface area (Å²) in [6.07, 6.45) is 0. The van der Waals surface area contributed by atoms with E-state index in [0.29, 0.717) is 16.2 Å². The second kappa shape index (κ2) is 8.83. The fourth-order valence-corrected chi connectivity index (χ4v) is 4.85. The zero-order valence-corrected chi connectivity index (χ0v) is 20.0. The smallest absolute Gasteiger partial charge is 0.283 e. The number of nitrogens with one attached hydrogen (secondary N) is 2. The van der Waals surface area contributed by atoms with Crippen LogP contribution in [-0.2, 0) is 4.79 Å². The summed E-state index contributed by atoms with van der Waals surface area (Å²) in [5.41, 5.74) is 6.30. The van der Waals surface area contributed by atoms with E-state index in [0.717, 1.165) is 39.0 Å². The summed E-state index contributed by atoms with van der Waals surface area (Å²) in [4.78, 5) is 34.6. The average Bonchev–Trinajstić information content (AvgIpc) is 3.20.